The average molecular weight is 673 g/mol. The summed E-state index contributed by atoms with van der Waals surface area (Å²) < 4.78 is 0. The second-order valence-corrected chi connectivity index (χ2v) is 11.7. The van der Waals surface area contributed by atoms with Crippen LogP contribution in [0.1, 0.15) is 95.3 Å². The normalized spacial score (nSPS) is 10.3. The van der Waals surface area contributed by atoms with E-state index in [1.807, 2.05) is 48.5 Å². The van der Waals surface area contributed by atoms with Gasteiger partial charge in [-0.25, -0.2) is 4.79 Å². The number of phenolic OH excluding ortho intramolecular Hbond substituents is 3. The van der Waals surface area contributed by atoms with E-state index in [1.54, 1.807) is 6.07 Å². The number of aryl methyl sites for hydroxylation is 2. The van der Waals surface area contributed by atoms with Crippen LogP contribution in [-0.2, 0) is 25.7 Å². The molecule has 0 aliphatic rings. The van der Waals surface area contributed by atoms with Crippen molar-refractivity contribution in [2.45, 2.75) is 78.1 Å². The minimum atomic E-state index is -1.16. The number of benzene rings is 4. The molecule has 0 heterocycles. The van der Waals surface area contributed by atoms with E-state index in [0.717, 1.165) is 69.5 Å². The van der Waals surface area contributed by atoms with Gasteiger partial charge >= 0.3 is 5.97 Å². The number of aromatic hydroxyl groups is 4. The van der Waals surface area contributed by atoms with E-state index in [9.17, 15) is 30.0 Å². The summed E-state index contributed by atoms with van der Waals surface area (Å²) in [6.45, 7) is 5.40. The van der Waals surface area contributed by atoms with E-state index < -0.39 is 5.97 Å². The first-order chi connectivity index (χ1) is 23.6. The molecule has 8 N–H and O–H groups in total. The van der Waals surface area contributed by atoms with Gasteiger partial charge in [0.2, 0.25) is 0 Å². The molecule has 0 fully saturated rings. The SMILES string of the molecule is CCCCCc1cc(O)cc(O)c1C(=O)NCCc1ccccc1.CCCCCc1cc(O)cc(O)c1C(=O)O.NCCc1ccccc1. The third kappa shape index (κ3) is 14.7. The molecule has 0 aliphatic carbocycles. The van der Waals surface area contributed by atoms with Gasteiger partial charge in [0.05, 0.1) is 5.56 Å². The van der Waals surface area contributed by atoms with Crippen molar-refractivity contribution in [3.8, 4) is 23.0 Å². The van der Waals surface area contributed by atoms with E-state index in [1.165, 1.54) is 17.7 Å². The standard InChI is InChI=1S/C20H25NO3.C12H16O4.C8H11N/c1-2-3-5-10-16-13-17(22)14-18(23)19(16)20(24)21-12-11-15-8-6-4-7-9-15;1-2-3-4-5-8-6-9(13)7-10(14)11(8)12(15)16;9-7-6-8-4-2-1-3-5-8/h4,6-9,13-14,22-23H,2-3,5,10-12H2,1H3,(H,21,24);6-7,13-14H,2-5H2,1H3,(H,15,16);1-5H,6-7,9H2. The first kappa shape index (κ1) is 40.2. The summed E-state index contributed by atoms with van der Waals surface area (Å²) in [5.74, 6) is -2.12. The highest BCUT2D eigenvalue weighted by molar-refractivity contribution is 5.98. The molecule has 4 rings (SSSR count). The van der Waals surface area contributed by atoms with Gasteiger partial charge in [-0.1, -0.05) is 100 Å². The number of carbonyl (C=O) groups excluding carboxylic acids is 1. The molecule has 1 amide bonds. The Hall–Kier alpha value is -5.02. The molecule has 4 aromatic carbocycles. The summed E-state index contributed by atoms with van der Waals surface area (Å²) in [7, 11) is 0. The number of hydrogen-bond donors (Lipinski definition) is 7. The monoisotopic (exact) mass is 672 g/mol. The van der Waals surface area contributed by atoms with Gasteiger partial charge in [0, 0.05) is 18.7 Å². The van der Waals surface area contributed by atoms with E-state index >= 15 is 0 Å². The van der Waals surface area contributed by atoms with Crippen LogP contribution in [0.4, 0.5) is 0 Å². The Morgan fingerprint density at radius 3 is 1.51 bits per heavy atom. The number of amides is 1. The molecule has 264 valence electrons. The minimum Gasteiger partial charge on any atom is -0.508 e. The molecular weight excluding hydrogens is 620 g/mol. The number of phenols is 4. The molecule has 0 atom stereocenters. The van der Waals surface area contributed by atoms with Crippen molar-refractivity contribution in [3.63, 3.8) is 0 Å². The fraction of sp³-hybridized carbons (Fsp3) is 0.350. The Kier molecular flexibility index (Phi) is 18.5. The van der Waals surface area contributed by atoms with Crippen molar-refractivity contribution < 1.29 is 35.1 Å². The summed E-state index contributed by atoms with van der Waals surface area (Å²) >= 11 is 0. The van der Waals surface area contributed by atoms with Crippen LogP contribution in [0, 0.1) is 0 Å². The van der Waals surface area contributed by atoms with Crippen LogP contribution >= 0.6 is 0 Å². The van der Waals surface area contributed by atoms with E-state index in [2.05, 4.69) is 31.3 Å². The largest absolute Gasteiger partial charge is 0.508 e. The first-order valence-corrected chi connectivity index (χ1v) is 17.0. The predicted octanol–water partition coefficient (Wildman–Crippen LogP) is 7.52. The summed E-state index contributed by atoms with van der Waals surface area (Å²) in [6.07, 6.45) is 8.85. The molecule has 0 aromatic heterocycles. The molecule has 0 saturated carbocycles. The van der Waals surface area contributed by atoms with Crippen LogP contribution in [-0.4, -0.2) is 50.5 Å². The number of carbonyl (C=O) groups is 2. The van der Waals surface area contributed by atoms with Crippen LogP contribution in [0.3, 0.4) is 0 Å². The number of carboxylic acids is 1. The third-order valence-electron chi connectivity index (χ3n) is 7.73. The number of nitrogens with one attached hydrogen (secondary N) is 1. The Balaban J connectivity index is 0.000000285. The zero-order valence-electron chi connectivity index (χ0n) is 28.7. The van der Waals surface area contributed by atoms with Crippen molar-refractivity contribution in [1.29, 1.82) is 0 Å². The number of unbranched alkanes of at least 4 members (excludes halogenated alkanes) is 4. The maximum Gasteiger partial charge on any atom is 0.339 e. The van der Waals surface area contributed by atoms with E-state index in [0.29, 0.717) is 30.5 Å². The van der Waals surface area contributed by atoms with Crippen molar-refractivity contribution in [2.75, 3.05) is 13.1 Å². The molecule has 0 bridgehead atoms. The number of aromatic carboxylic acids is 1. The predicted molar refractivity (Wildman–Crippen MR) is 195 cm³/mol. The second kappa shape index (κ2) is 22.5. The van der Waals surface area contributed by atoms with Crippen LogP contribution in [0.5, 0.6) is 23.0 Å². The fourth-order valence-corrected chi connectivity index (χ4v) is 5.24. The second-order valence-electron chi connectivity index (χ2n) is 11.7. The molecule has 0 radical (unpaired) electrons. The summed E-state index contributed by atoms with van der Waals surface area (Å²) in [4.78, 5) is 23.4. The molecule has 9 nitrogen and oxygen atoms in total. The lowest BCUT2D eigenvalue weighted by Gasteiger charge is -2.13. The van der Waals surface area contributed by atoms with Crippen molar-refractivity contribution in [2.24, 2.45) is 5.73 Å². The maximum absolute atomic E-state index is 12.5. The highest BCUT2D eigenvalue weighted by Crippen LogP contribution is 2.29. The van der Waals surface area contributed by atoms with Crippen LogP contribution in [0.15, 0.2) is 84.9 Å². The van der Waals surface area contributed by atoms with Gasteiger partial charge in [0.25, 0.3) is 5.91 Å². The van der Waals surface area contributed by atoms with Gasteiger partial charge in [-0.3, -0.25) is 4.79 Å². The molecular formula is C40H52N2O7. The Morgan fingerprint density at radius 1 is 0.612 bits per heavy atom. The van der Waals surface area contributed by atoms with Crippen molar-refractivity contribution >= 4 is 11.9 Å². The lowest BCUT2D eigenvalue weighted by Crippen LogP contribution is -2.26. The zero-order chi connectivity index (χ0) is 36.0. The van der Waals surface area contributed by atoms with Gasteiger partial charge in [0.1, 0.15) is 28.6 Å². The van der Waals surface area contributed by atoms with E-state index in [-0.39, 0.29) is 40.0 Å². The Morgan fingerprint density at radius 2 is 1.06 bits per heavy atom. The molecule has 0 saturated heterocycles. The number of nitrogens with two attached hydrogens (primary N) is 1. The van der Waals surface area contributed by atoms with Crippen LogP contribution in [0.25, 0.3) is 0 Å². The Bertz CT molecular complexity index is 1560. The van der Waals surface area contributed by atoms with Gasteiger partial charge in [-0.05, 0) is 79.5 Å². The molecule has 4 aromatic rings. The molecule has 0 spiro atoms. The number of carboxylic acid groups (broad SMARTS) is 1. The van der Waals surface area contributed by atoms with Gasteiger partial charge in [-0.2, -0.15) is 0 Å². The van der Waals surface area contributed by atoms with Crippen LogP contribution < -0.4 is 11.1 Å². The quantitative estimate of drug-likeness (QED) is 0.0635. The average Bonchev–Trinajstić information content (AvgIpc) is 3.06. The van der Waals surface area contributed by atoms with Crippen molar-refractivity contribution in [1.82, 2.24) is 5.32 Å². The summed E-state index contributed by atoms with van der Waals surface area (Å²) in [5, 5.41) is 50.4. The maximum atomic E-state index is 12.5. The zero-order valence-corrected chi connectivity index (χ0v) is 28.7. The molecule has 0 aliphatic heterocycles. The highest BCUT2D eigenvalue weighted by Gasteiger charge is 2.18. The lowest BCUT2D eigenvalue weighted by molar-refractivity contribution is 0.0692. The number of hydrogen-bond acceptors (Lipinski definition) is 7. The Labute approximate surface area is 290 Å². The number of rotatable bonds is 15. The van der Waals surface area contributed by atoms with Crippen molar-refractivity contribution in [3.05, 3.63) is 118 Å². The first-order valence-electron chi connectivity index (χ1n) is 17.0. The van der Waals surface area contributed by atoms with Gasteiger partial charge in [0.15, 0.2) is 0 Å². The topological polar surface area (TPSA) is 173 Å². The molecule has 0 unspecified atom stereocenters. The smallest absolute Gasteiger partial charge is 0.339 e. The summed E-state index contributed by atoms with van der Waals surface area (Å²) in [5.41, 5.74) is 9.18. The molecule has 49 heavy (non-hydrogen) atoms. The molecule has 9 heteroatoms. The van der Waals surface area contributed by atoms with Crippen LogP contribution in [0.2, 0.25) is 0 Å². The highest BCUT2D eigenvalue weighted by atomic mass is 16.4. The fourth-order valence-electron chi connectivity index (χ4n) is 5.24. The minimum absolute atomic E-state index is 0.0140. The third-order valence-corrected chi connectivity index (χ3v) is 7.73. The van der Waals surface area contributed by atoms with Gasteiger partial charge in [-0.15, -0.1) is 0 Å². The van der Waals surface area contributed by atoms with Gasteiger partial charge < -0.3 is 36.6 Å². The van der Waals surface area contributed by atoms with E-state index in [4.69, 9.17) is 10.8 Å². The lowest BCUT2D eigenvalue weighted by atomic mass is 9.99. The summed E-state index contributed by atoms with van der Waals surface area (Å²) in [6, 6.07) is 25.4.